The molecule has 1 aromatic rings. The number of carbonyl (C=O) groups excluding carboxylic acids is 2. The Morgan fingerprint density at radius 1 is 1.26 bits per heavy atom. The van der Waals surface area contributed by atoms with Crippen LogP contribution < -0.4 is 15.5 Å². The minimum atomic E-state index is -0.632. The molecule has 2 saturated heterocycles. The summed E-state index contributed by atoms with van der Waals surface area (Å²) in [5, 5.41) is 6.20. The standard InChI is InChI=1S/C16H20FN3O2.ClH/c17-11-3-5-13(6-4-11)20-9-7-14(16(20)22)15(21)19-12-2-1-8-18-10-12;/h3-6,12,14,18H,1-2,7-10H2,(H,19,21);1H/t12-,14?;/m0./s1. The van der Waals surface area contributed by atoms with Gasteiger partial charge in [-0.2, -0.15) is 0 Å². The number of amides is 2. The van der Waals surface area contributed by atoms with Crippen molar-refractivity contribution < 1.29 is 14.0 Å². The van der Waals surface area contributed by atoms with Crippen LogP contribution in [-0.2, 0) is 9.59 Å². The Balaban J connectivity index is 0.00000192. The van der Waals surface area contributed by atoms with Gasteiger partial charge < -0.3 is 15.5 Å². The lowest BCUT2D eigenvalue weighted by Crippen LogP contribution is -2.48. The van der Waals surface area contributed by atoms with Gasteiger partial charge in [-0.3, -0.25) is 9.59 Å². The number of halogens is 2. The van der Waals surface area contributed by atoms with Gasteiger partial charge in [-0.05, 0) is 50.1 Å². The van der Waals surface area contributed by atoms with Gasteiger partial charge in [0, 0.05) is 24.8 Å². The van der Waals surface area contributed by atoms with Crippen molar-refractivity contribution >= 4 is 29.9 Å². The fourth-order valence-electron chi connectivity index (χ4n) is 3.08. The average molecular weight is 342 g/mol. The van der Waals surface area contributed by atoms with Crippen molar-refractivity contribution in [3.63, 3.8) is 0 Å². The van der Waals surface area contributed by atoms with Gasteiger partial charge in [0.05, 0.1) is 0 Å². The molecule has 0 aromatic heterocycles. The summed E-state index contributed by atoms with van der Waals surface area (Å²) in [6.07, 6.45) is 2.48. The maximum absolute atomic E-state index is 13.0. The molecular formula is C16H21ClFN3O2. The molecule has 7 heteroatoms. The zero-order chi connectivity index (χ0) is 15.5. The predicted octanol–water partition coefficient (Wildman–Crippen LogP) is 1.47. The lowest BCUT2D eigenvalue weighted by molar-refractivity contribution is -0.132. The lowest BCUT2D eigenvalue weighted by atomic mass is 10.0. The Labute approximate surface area is 141 Å². The maximum Gasteiger partial charge on any atom is 0.239 e. The molecule has 2 atom stereocenters. The molecule has 0 bridgehead atoms. The fourth-order valence-corrected chi connectivity index (χ4v) is 3.08. The summed E-state index contributed by atoms with van der Waals surface area (Å²) in [4.78, 5) is 26.3. The first-order valence-electron chi connectivity index (χ1n) is 7.73. The quantitative estimate of drug-likeness (QED) is 0.818. The monoisotopic (exact) mass is 341 g/mol. The van der Waals surface area contributed by atoms with Crippen LogP contribution in [0.1, 0.15) is 19.3 Å². The molecule has 23 heavy (non-hydrogen) atoms. The number of piperidine rings is 1. The second-order valence-corrected chi connectivity index (χ2v) is 5.86. The molecule has 1 unspecified atom stereocenters. The Bertz CT molecular complexity index is 561. The first kappa shape index (κ1) is 17.7. The maximum atomic E-state index is 13.0. The number of nitrogens with zero attached hydrogens (tertiary/aromatic N) is 1. The van der Waals surface area contributed by atoms with Gasteiger partial charge in [-0.15, -0.1) is 12.4 Å². The van der Waals surface area contributed by atoms with Crippen molar-refractivity contribution in [1.82, 2.24) is 10.6 Å². The van der Waals surface area contributed by atoms with Crippen LogP contribution in [0.3, 0.4) is 0 Å². The molecule has 0 radical (unpaired) electrons. The van der Waals surface area contributed by atoms with Gasteiger partial charge in [0.2, 0.25) is 11.8 Å². The zero-order valence-electron chi connectivity index (χ0n) is 12.8. The molecular weight excluding hydrogens is 321 g/mol. The normalized spacial score (nSPS) is 24.2. The van der Waals surface area contributed by atoms with Crippen LogP contribution in [0.2, 0.25) is 0 Å². The van der Waals surface area contributed by atoms with Crippen molar-refractivity contribution in [2.24, 2.45) is 5.92 Å². The van der Waals surface area contributed by atoms with Gasteiger partial charge >= 0.3 is 0 Å². The third kappa shape index (κ3) is 4.00. The van der Waals surface area contributed by atoms with Crippen LogP contribution in [0, 0.1) is 11.7 Å². The van der Waals surface area contributed by atoms with Gasteiger partial charge in [-0.25, -0.2) is 4.39 Å². The highest BCUT2D eigenvalue weighted by Crippen LogP contribution is 2.25. The smallest absolute Gasteiger partial charge is 0.239 e. The Kier molecular flexibility index (Phi) is 5.96. The molecule has 2 aliphatic rings. The number of benzene rings is 1. The van der Waals surface area contributed by atoms with E-state index >= 15 is 0 Å². The zero-order valence-corrected chi connectivity index (χ0v) is 13.6. The molecule has 2 N–H and O–H groups in total. The second kappa shape index (κ2) is 7.75. The Hall–Kier alpha value is -1.66. The summed E-state index contributed by atoms with van der Waals surface area (Å²) in [6.45, 7) is 2.23. The van der Waals surface area contributed by atoms with Crippen LogP contribution >= 0.6 is 12.4 Å². The van der Waals surface area contributed by atoms with Crippen molar-refractivity contribution in [2.45, 2.75) is 25.3 Å². The third-order valence-electron chi connectivity index (χ3n) is 4.30. The van der Waals surface area contributed by atoms with Crippen molar-refractivity contribution in [3.8, 4) is 0 Å². The summed E-state index contributed by atoms with van der Waals surface area (Å²) in [5.74, 6) is -1.36. The van der Waals surface area contributed by atoms with E-state index in [4.69, 9.17) is 0 Å². The van der Waals surface area contributed by atoms with E-state index in [1.807, 2.05) is 0 Å². The molecule has 2 aliphatic heterocycles. The lowest BCUT2D eigenvalue weighted by Gasteiger charge is -2.25. The molecule has 2 heterocycles. The SMILES string of the molecule is Cl.O=C(N[C@H]1CCCNC1)C1CCN(c2ccc(F)cc2)C1=O. The van der Waals surface area contributed by atoms with Crippen LogP contribution in [0.5, 0.6) is 0 Å². The minimum absolute atomic E-state index is 0. The number of anilines is 1. The van der Waals surface area contributed by atoms with E-state index in [0.29, 0.717) is 18.7 Å². The van der Waals surface area contributed by atoms with Crippen LogP contribution in [-0.4, -0.2) is 37.5 Å². The Morgan fingerprint density at radius 3 is 2.65 bits per heavy atom. The first-order chi connectivity index (χ1) is 10.6. The van der Waals surface area contributed by atoms with Crippen LogP contribution in [0.4, 0.5) is 10.1 Å². The number of hydrogen-bond acceptors (Lipinski definition) is 3. The van der Waals surface area contributed by atoms with Gasteiger partial charge in [0.15, 0.2) is 0 Å². The van der Waals surface area contributed by atoms with Gasteiger partial charge in [0.25, 0.3) is 0 Å². The van der Waals surface area contributed by atoms with Crippen molar-refractivity contribution in [3.05, 3.63) is 30.1 Å². The Morgan fingerprint density at radius 2 is 2.00 bits per heavy atom. The van der Waals surface area contributed by atoms with Crippen LogP contribution in [0.25, 0.3) is 0 Å². The molecule has 2 amide bonds. The summed E-state index contributed by atoms with van der Waals surface area (Å²) in [7, 11) is 0. The average Bonchev–Trinajstić information content (AvgIpc) is 2.91. The second-order valence-electron chi connectivity index (χ2n) is 5.86. The number of rotatable bonds is 3. The van der Waals surface area contributed by atoms with Crippen molar-refractivity contribution in [2.75, 3.05) is 24.5 Å². The van der Waals surface area contributed by atoms with E-state index in [-0.39, 0.29) is 36.1 Å². The highest BCUT2D eigenvalue weighted by Gasteiger charge is 2.38. The van der Waals surface area contributed by atoms with E-state index in [1.54, 1.807) is 17.0 Å². The molecule has 126 valence electrons. The molecule has 0 spiro atoms. The summed E-state index contributed by atoms with van der Waals surface area (Å²) in [6, 6.07) is 5.89. The minimum Gasteiger partial charge on any atom is -0.351 e. The van der Waals surface area contributed by atoms with Gasteiger partial charge in [0.1, 0.15) is 11.7 Å². The first-order valence-corrected chi connectivity index (χ1v) is 7.73. The summed E-state index contributed by atoms with van der Waals surface area (Å²) < 4.78 is 13.0. The topological polar surface area (TPSA) is 61.4 Å². The van der Waals surface area contributed by atoms with Crippen LogP contribution in [0.15, 0.2) is 24.3 Å². The fraction of sp³-hybridized carbons (Fsp3) is 0.500. The highest BCUT2D eigenvalue weighted by atomic mass is 35.5. The van der Waals surface area contributed by atoms with Crippen molar-refractivity contribution in [1.29, 1.82) is 0 Å². The molecule has 0 saturated carbocycles. The predicted molar refractivity (Wildman–Crippen MR) is 88.1 cm³/mol. The molecule has 3 rings (SSSR count). The molecule has 2 fully saturated rings. The van der Waals surface area contributed by atoms with E-state index in [9.17, 15) is 14.0 Å². The number of hydrogen-bond donors (Lipinski definition) is 2. The van der Waals surface area contributed by atoms with E-state index in [1.165, 1.54) is 12.1 Å². The third-order valence-corrected chi connectivity index (χ3v) is 4.30. The van der Waals surface area contributed by atoms with Gasteiger partial charge in [-0.1, -0.05) is 0 Å². The van der Waals surface area contributed by atoms with E-state index in [0.717, 1.165) is 25.9 Å². The summed E-state index contributed by atoms with van der Waals surface area (Å²) >= 11 is 0. The largest absolute Gasteiger partial charge is 0.351 e. The van der Waals surface area contributed by atoms with E-state index in [2.05, 4.69) is 10.6 Å². The summed E-state index contributed by atoms with van der Waals surface area (Å²) in [5.41, 5.74) is 0.640. The number of nitrogens with one attached hydrogen (secondary N) is 2. The highest BCUT2D eigenvalue weighted by molar-refractivity contribution is 6.09. The van der Waals surface area contributed by atoms with E-state index < -0.39 is 5.92 Å². The molecule has 1 aromatic carbocycles. The number of carbonyl (C=O) groups is 2. The molecule has 5 nitrogen and oxygen atoms in total. The molecule has 0 aliphatic carbocycles.